The SMILES string of the molecule is N#Cc1ccc(NCC2CCC(O)CC2)c(Br)c1. The quantitative estimate of drug-likeness (QED) is 0.901. The lowest BCUT2D eigenvalue weighted by atomic mass is 9.87. The fraction of sp³-hybridized carbons (Fsp3) is 0.500. The fourth-order valence-electron chi connectivity index (χ4n) is 2.33. The zero-order valence-corrected chi connectivity index (χ0v) is 11.8. The van der Waals surface area contributed by atoms with Crippen LogP contribution in [0.15, 0.2) is 22.7 Å². The minimum absolute atomic E-state index is 0.0945. The molecule has 0 bridgehead atoms. The van der Waals surface area contributed by atoms with Gasteiger partial charge in [0.2, 0.25) is 0 Å². The highest BCUT2D eigenvalue weighted by Gasteiger charge is 2.19. The number of nitriles is 1. The highest BCUT2D eigenvalue weighted by molar-refractivity contribution is 9.10. The second kappa shape index (κ2) is 6.21. The monoisotopic (exact) mass is 308 g/mol. The van der Waals surface area contributed by atoms with Gasteiger partial charge in [-0.3, -0.25) is 0 Å². The molecule has 0 saturated heterocycles. The van der Waals surface area contributed by atoms with Crippen LogP contribution in [0.3, 0.4) is 0 Å². The van der Waals surface area contributed by atoms with E-state index in [1.807, 2.05) is 18.2 Å². The Hall–Kier alpha value is -1.05. The first-order chi connectivity index (χ1) is 8.69. The van der Waals surface area contributed by atoms with E-state index in [2.05, 4.69) is 27.3 Å². The number of anilines is 1. The molecule has 1 aliphatic rings. The van der Waals surface area contributed by atoms with Crippen molar-refractivity contribution < 1.29 is 5.11 Å². The van der Waals surface area contributed by atoms with Crippen molar-refractivity contribution in [1.82, 2.24) is 0 Å². The average molecular weight is 309 g/mol. The predicted octanol–water partition coefficient (Wildman–Crippen LogP) is 3.28. The van der Waals surface area contributed by atoms with E-state index >= 15 is 0 Å². The van der Waals surface area contributed by atoms with E-state index in [0.29, 0.717) is 11.5 Å². The van der Waals surface area contributed by atoms with Crippen LogP contribution >= 0.6 is 15.9 Å². The van der Waals surface area contributed by atoms with Crippen molar-refractivity contribution in [1.29, 1.82) is 5.26 Å². The van der Waals surface area contributed by atoms with Crippen LogP contribution in [0.25, 0.3) is 0 Å². The number of aliphatic hydroxyl groups excluding tert-OH is 1. The summed E-state index contributed by atoms with van der Waals surface area (Å²) in [5.41, 5.74) is 1.69. The molecule has 1 aliphatic carbocycles. The number of aliphatic hydroxyl groups is 1. The minimum atomic E-state index is -0.0945. The van der Waals surface area contributed by atoms with Gasteiger partial charge in [0.15, 0.2) is 0 Å². The lowest BCUT2D eigenvalue weighted by molar-refractivity contribution is 0.111. The number of hydrogen-bond acceptors (Lipinski definition) is 3. The lowest BCUT2D eigenvalue weighted by Crippen LogP contribution is -2.23. The van der Waals surface area contributed by atoms with Gasteiger partial charge in [-0.2, -0.15) is 5.26 Å². The Bertz CT molecular complexity index is 448. The summed E-state index contributed by atoms with van der Waals surface area (Å²) >= 11 is 3.47. The second-order valence-corrected chi connectivity index (χ2v) is 5.72. The van der Waals surface area contributed by atoms with Crippen molar-refractivity contribution in [3.63, 3.8) is 0 Å². The first-order valence-electron chi connectivity index (χ1n) is 6.30. The Balaban J connectivity index is 1.89. The predicted molar refractivity (Wildman–Crippen MR) is 75.3 cm³/mol. The third kappa shape index (κ3) is 3.47. The molecule has 18 heavy (non-hydrogen) atoms. The number of nitrogens with zero attached hydrogens (tertiary/aromatic N) is 1. The Kier molecular flexibility index (Phi) is 4.62. The molecule has 1 aromatic carbocycles. The van der Waals surface area contributed by atoms with E-state index in [-0.39, 0.29) is 6.10 Å². The van der Waals surface area contributed by atoms with Crippen molar-refractivity contribution in [2.75, 3.05) is 11.9 Å². The summed E-state index contributed by atoms with van der Waals surface area (Å²) in [7, 11) is 0. The molecule has 3 nitrogen and oxygen atoms in total. The summed E-state index contributed by atoms with van der Waals surface area (Å²) < 4.78 is 0.928. The standard InChI is InChI=1S/C14H17BrN2O/c15-13-7-11(8-16)3-6-14(13)17-9-10-1-4-12(18)5-2-10/h3,6-7,10,12,17-18H,1-2,4-5,9H2. The molecule has 2 rings (SSSR count). The summed E-state index contributed by atoms with van der Waals surface area (Å²) in [4.78, 5) is 0. The van der Waals surface area contributed by atoms with Crippen molar-refractivity contribution in [2.45, 2.75) is 31.8 Å². The van der Waals surface area contributed by atoms with Crippen molar-refractivity contribution in [3.8, 4) is 6.07 Å². The molecular formula is C14H17BrN2O. The Morgan fingerprint density at radius 1 is 1.33 bits per heavy atom. The van der Waals surface area contributed by atoms with E-state index in [9.17, 15) is 5.11 Å². The first-order valence-corrected chi connectivity index (χ1v) is 7.10. The highest BCUT2D eigenvalue weighted by Crippen LogP contribution is 2.27. The Morgan fingerprint density at radius 3 is 2.67 bits per heavy atom. The summed E-state index contributed by atoms with van der Waals surface area (Å²) in [6.45, 7) is 0.928. The molecule has 0 unspecified atom stereocenters. The van der Waals surface area contributed by atoms with Crippen molar-refractivity contribution in [2.24, 2.45) is 5.92 Å². The molecule has 0 aliphatic heterocycles. The van der Waals surface area contributed by atoms with Crippen LogP contribution in [0.5, 0.6) is 0 Å². The largest absolute Gasteiger partial charge is 0.393 e. The van der Waals surface area contributed by atoms with Gasteiger partial charge in [0.1, 0.15) is 0 Å². The van der Waals surface area contributed by atoms with Gasteiger partial charge >= 0.3 is 0 Å². The van der Waals surface area contributed by atoms with Crippen LogP contribution < -0.4 is 5.32 Å². The van der Waals surface area contributed by atoms with Crippen LogP contribution in [0.4, 0.5) is 5.69 Å². The summed E-state index contributed by atoms with van der Waals surface area (Å²) in [6.07, 6.45) is 3.91. The van der Waals surface area contributed by atoms with Gasteiger partial charge in [0.05, 0.1) is 17.7 Å². The van der Waals surface area contributed by atoms with Gasteiger partial charge < -0.3 is 10.4 Å². The van der Waals surface area contributed by atoms with Crippen LogP contribution in [0, 0.1) is 17.2 Å². The molecule has 1 saturated carbocycles. The molecule has 2 N–H and O–H groups in total. The third-order valence-corrected chi connectivity index (χ3v) is 4.15. The Morgan fingerprint density at radius 2 is 2.06 bits per heavy atom. The van der Waals surface area contributed by atoms with Gasteiger partial charge in [-0.15, -0.1) is 0 Å². The van der Waals surface area contributed by atoms with Crippen LogP contribution in [-0.2, 0) is 0 Å². The molecule has 4 heteroatoms. The van der Waals surface area contributed by atoms with Gasteiger partial charge in [-0.25, -0.2) is 0 Å². The molecule has 0 heterocycles. The number of benzene rings is 1. The van der Waals surface area contributed by atoms with Crippen LogP contribution in [-0.4, -0.2) is 17.8 Å². The molecule has 0 aromatic heterocycles. The topological polar surface area (TPSA) is 56.0 Å². The third-order valence-electron chi connectivity index (χ3n) is 3.50. The first kappa shape index (κ1) is 13.4. The van der Waals surface area contributed by atoms with Crippen LogP contribution in [0.2, 0.25) is 0 Å². The smallest absolute Gasteiger partial charge is 0.0992 e. The number of rotatable bonds is 3. The molecular weight excluding hydrogens is 292 g/mol. The summed E-state index contributed by atoms with van der Waals surface area (Å²) in [5.74, 6) is 0.635. The Labute approximate surface area is 116 Å². The van der Waals surface area contributed by atoms with Gasteiger partial charge in [-0.05, 0) is 65.7 Å². The zero-order valence-electron chi connectivity index (χ0n) is 10.2. The molecule has 0 amide bonds. The van der Waals surface area contributed by atoms with Gasteiger partial charge in [0.25, 0.3) is 0 Å². The molecule has 1 fully saturated rings. The highest BCUT2D eigenvalue weighted by atomic mass is 79.9. The maximum atomic E-state index is 9.46. The fourth-order valence-corrected chi connectivity index (χ4v) is 2.85. The maximum Gasteiger partial charge on any atom is 0.0992 e. The normalized spacial score (nSPS) is 23.4. The van der Waals surface area contributed by atoms with Crippen LogP contribution in [0.1, 0.15) is 31.2 Å². The molecule has 0 atom stereocenters. The van der Waals surface area contributed by atoms with E-state index in [1.54, 1.807) is 0 Å². The number of halogens is 1. The second-order valence-electron chi connectivity index (χ2n) is 4.86. The average Bonchev–Trinajstić information content (AvgIpc) is 2.39. The lowest BCUT2D eigenvalue weighted by Gasteiger charge is -2.26. The zero-order chi connectivity index (χ0) is 13.0. The summed E-state index contributed by atoms with van der Waals surface area (Å²) in [6, 6.07) is 7.69. The number of hydrogen-bond donors (Lipinski definition) is 2. The van der Waals surface area contributed by atoms with E-state index in [1.165, 1.54) is 0 Å². The summed E-state index contributed by atoms with van der Waals surface area (Å²) in [5, 5.41) is 21.7. The van der Waals surface area contributed by atoms with E-state index < -0.39 is 0 Å². The van der Waals surface area contributed by atoms with E-state index in [4.69, 9.17) is 5.26 Å². The van der Waals surface area contributed by atoms with Gasteiger partial charge in [0, 0.05) is 16.7 Å². The van der Waals surface area contributed by atoms with E-state index in [0.717, 1.165) is 42.4 Å². The van der Waals surface area contributed by atoms with Gasteiger partial charge in [-0.1, -0.05) is 0 Å². The maximum absolute atomic E-state index is 9.46. The molecule has 0 spiro atoms. The molecule has 96 valence electrons. The molecule has 0 radical (unpaired) electrons. The molecule has 1 aromatic rings. The number of nitrogens with one attached hydrogen (secondary N) is 1. The minimum Gasteiger partial charge on any atom is -0.393 e. The van der Waals surface area contributed by atoms with Crippen molar-refractivity contribution in [3.05, 3.63) is 28.2 Å². The van der Waals surface area contributed by atoms with Crippen molar-refractivity contribution >= 4 is 21.6 Å².